The Balaban J connectivity index is 1.95. The summed E-state index contributed by atoms with van der Waals surface area (Å²) in [7, 11) is 0. The van der Waals surface area contributed by atoms with Crippen LogP contribution in [-0.4, -0.2) is 26.4 Å². The van der Waals surface area contributed by atoms with Crippen LogP contribution in [0.3, 0.4) is 0 Å². The molecule has 0 radical (unpaired) electrons. The number of thioether (sulfide) groups is 1. The van der Waals surface area contributed by atoms with Gasteiger partial charge in [0, 0.05) is 10.6 Å². The maximum absolute atomic E-state index is 12.2. The van der Waals surface area contributed by atoms with Crippen LogP contribution in [0.15, 0.2) is 35.5 Å². The van der Waals surface area contributed by atoms with Gasteiger partial charge in [0.25, 0.3) is 5.76 Å². The lowest BCUT2D eigenvalue weighted by Crippen LogP contribution is -2.19. The van der Waals surface area contributed by atoms with Crippen LogP contribution in [0.25, 0.3) is 0 Å². The molecule has 0 fully saturated rings. The molecular weight excluding hydrogens is 300 g/mol. The van der Waals surface area contributed by atoms with E-state index in [-0.39, 0.29) is 18.3 Å². The van der Waals surface area contributed by atoms with Crippen LogP contribution in [0.4, 0.5) is 14.5 Å². The largest absolute Gasteiger partial charge is 0.325 e. The van der Waals surface area contributed by atoms with E-state index in [1.165, 1.54) is 35.2 Å². The smallest absolute Gasteiger partial charge is 0.288 e. The van der Waals surface area contributed by atoms with Crippen LogP contribution in [0.2, 0.25) is 0 Å². The number of halogens is 2. The minimum absolute atomic E-state index is 0.0360. The fraction of sp³-hybridized carbons (Fsp3) is 0.167. The number of aromatic nitrogens is 3. The van der Waals surface area contributed by atoms with Crippen LogP contribution >= 0.6 is 11.8 Å². The highest BCUT2D eigenvalue weighted by Gasteiger charge is 2.09. The molecule has 0 saturated carbocycles. The fourth-order valence-electron chi connectivity index (χ4n) is 1.53. The van der Waals surface area contributed by atoms with E-state index in [2.05, 4.69) is 15.5 Å². The third-order valence-corrected chi connectivity index (χ3v) is 3.12. The van der Waals surface area contributed by atoms with Crippen molar-refractivity contribution in [2.45, 2.75) is 17.2 Å². The first-order chi connectivity index (χ1) is 10.1. The Labute approximate surface area is 122 Å². The van der Waals surface area contributed by atoms with Gasteiger partial charge in [0.05, 0.1) is 0 Å². The molecule has 0 aliphatic carbocycles. The van der Waals surface area contributed by atoms with Gasteiger partial charge in [-0.15, -0.1) is 10.2 Å². The molecule has 2 rings (SSSR count). The molecule has 0 aliphatic rings. The third kappa shape index (κ3) is 4.25. The van der Waals surface area contributed by atoms with E-state index >= 15 is 0 Å². The maximum Gasteiger partial charge on any atom is 0.288 e. The molecule has 0 aliphatic heterocycles. The molecule has 1 heterocycles. The monoisotopic (exact) mass is 309 g/mol. The van der Waals surface area contributed by atoms with Crippen LogP contribution in [0.5, 0.6) is 0 Å². The molecule has 0 atom stereocenters. The molecule has 0 unspecified atom stereocenters. The number of amides is 1. The molecule has 0 bridgehead atoms. The second-order valence-electron chi connectivity index (χ2n) is 3.85. The normalized spacial score (nSPS) is 10.4. The quantitative estimate of drug-likeness (QED) is 0.855. The van der Waals surface area contributed by atoms with E-state index in [0.717, 1.165) is 0 Å². The minimum Gasteiger partial charge on any atom is -0.325 e. The molecule has 108 valence electrons. The number of benzene rings is 1. The summed E-state index contributed by atoms with van der Waals surface area (Å²) in [6.07, 6.45) is 1.28. The van der Waals surface area contributed by atoms with Crippen molar-refractivity contribution in [1.29, 1.82) is 5.26 Å². The lowest BCUT2D eigenvalue weighted by atomic mass is 10.3. The van der Waals surface area contributed by atoms with Crippen molar-refractivity contribution in [2.75, 3.05) is 5.32 Å². The van der Waals surface area contributed by atoms with Crippen molar-refractivity contribution in [3.8, 4) is 6.07 Å². The van der Waals surface area contributed by atoms with E-state index in [9.17, 15) is 13.6 Å². The van der Waals surface area contributed by atoms with E-state index < -0.39 is 5.76 Å². The van der Waals surface area contributed by atoms with Crippen molar-refractivity contribution in [2.24, 2.45) is 0 Å². The van der Waals surface area contributed by atoms with Crippen molar-refractivity contribution >= 4 is 23.4 Å². The fourth-order valence-corrected chi connectivity index (χ4v) is 2.03. The van der Waals surface area contributed by atoms with Gasteiger partial charge in [-0.1, -0.05) is 11.8 Å². The molecule has 1 amide bonds. The Morgan fingerprint density at radius 1 is 1.43 bits per heavy atom. The molecular formula is C12H9F2N5OS. The van der Waals surface area contributed by atoms with Gasteiger partial charge in [0.1, 0.15) is 18.9 Å². The number of nitriles is 1. The van der Waals surface area contributed by atoms with Crippen molar-refractivity contribution in [1.82, 2.24) is 14.8 Å². The lowest BCUT2D eigenvalue weighted by molar-refractivity contribution is -0.116. The summed E-state index contributed by atoms with van der Waals surface area (Å²) >= 11 is 0.432. The van der Waals surface area contributed by atoms with Crippen molar-refractivity contribution in [3.05, 3.63) is 36.4 Å². The Bertz CT molecular complexity index is 665. The lowest BCUT2D eigenvalue weighted by Gasteiger charge is -2.07. The second-order valence-corrected chi connectivity index (χ2v) is 4.91. The number of hydrogen-bond donors (Lipinski definition) is 1. The van der Waals surface area contributed by atoms with Gasteiger partial charge in [-0.2, -0.15) is 14.0 Å². The third-order valence-electron chi connectivity index (χ3n) is 2.39. The highest BCUT2D eigenvalue weighted by molar-refractivity contribution is 7.99. The van der Waals surface area contributed by atoms with Gasteiger partial charge in [-0.3, -0.25) is 9.36 Å². The number of carbonyl (C=O) groups excluding carboxylic acids is 1. The number of nitrogens with one attached hydrogen (secondary N) is 1. The van der Waals surface area contributed by atoms with Gasteiger partial charge in [0.15, 0.2) is 0 Å². The molecule has 1 N–H and O–H groups in total. The topological polar surface area (TPSA) is 83.6 Å². The average molecular weight is 309 g/mol. The standard InChI is InChI=1S/C12H9F2N5OS/c13-12(14)21-9-3-1-8(2-4-9)17-11(20)6-19-7-16-18-10(19)5-15/h1-4,7,12H,6H2,(H,17,20). The molecule has 1 aromatic carbocycles. The minimum atomic E-state index is -2.48. The highest BCUT2D eigenvalue weighted by atomic mass is 32.2. The van der Waals surface area contributed by atoms with Crippen LogP contribution in [0, 0.1) is 11.3 Å². The zero-order valence-electron chi connectivity index (χ0n) is 10.5. The van der Waals surface area contributed by atoms with Crippen LogP contribution < -0.4 is 5.32 Å². The second kappa shape index (κ2) is 6.81. The Kier molecular flexibility index (Phi) is 4.84. The van der Waals surface area contributed by atoms with E-state index in [4.69, 9.17) is 5.26 Å². The first-order valence-electron chi connectivity index (χ1n) is 5.71. The predicted molar refractivity (Wildman–Crippen MR) is 71.7 cm³/mol. The van der Waals surface area contributed by atoms with Gasteiger partial charge in [0.2, 0.25) is 11.7 Å². The maximum atomic E-state index is 12.2. The number of rotatable bonds is 5. The Morgan fingerprint density at radius 3 is 2.76 bits per heavy atom. The molecule has 6 nitrogen and oxygen atoms in total. The summed E-state index contributed by atoms with van der Waals surface area (Å²) in [5.74, 6) is -2.82. The molecule has 0 spiro atoms. The highest BCUT2D eigenvalue weighted by Crippen LogP contribution is 2.26. The zero-order valence-corrected chi connectivity index (χ0v) is 11.3. The number of anilines is 1. The number of carbonyl (C=O) groups is 1. The summed E-state index contributed by atoms with van der Waals surface area (Å²) < 4.78 is 25.6. The summed E-state index contributed by atoms with van der Waals surface area (Å²) in [6, 6.07) is 7.85. The van der Waals surface area contributed by atoms with E-state index in [1.807, 2.05) is 0 Å². The summed E-state index contributed by atoms with van der Waals surface area (Å²) in [6.45, 7) is -0.108. The number of alkyl halides is 2. The molecule has 21 heavy (non-hydrogen) atoms. The summed E-state index contributed by atoms with van der Waals surface area (Å²) in [4.78, 5) is 12.2. The van der Waals surface area contributed by atoms with Gasteiger partial charge in [-0.25, -0.2) is 0 Å². The van der Waals surface area contributed by atoms with E-state index in [0.29, 0.717) is 22.3 Å². The van der Waals surface area contributed by atoms with Gasteiger partial charge < -0.3 is 5.32 Å². The predicted octanol–water partition coefficient (Wildman–Crippen LogP) is 2.10. The SMILES string of the molecule is N#Cc1nncn1CC(=O)Nc1ccc(SC(F)F)cc1. The Morgan fingerprint density at radius 2 is 2.14 bits per heavy atom. The molecule has 0 saturated heterocycles. The van der Waals surface area contributed by atoms with Gasteiger partial charge in [-0.05, 0) is 24.3 Å². The number of nitrogens with zero attached hydrogens (tertiary/aromatic N) is 4. The first kappa shape index (κ1) is 14.9. The first-order valence-corrected chi connectivity index (χ1v) is 6.59. The summed E-state index contributed by atoms with van der Waals surface area (Å²) in [5.41, 5.74) is 0.477. The van der Waals surface area contributed by atoms with Crippen LogP contribution in [0.1, 0.15) is 5.82 Å². The number of hydrogen-bond acceptors (Lipinski definition) is 5. The molecule has 2 aromatic rings. The molecule has 9 heteroatoms. The Hall–Kier alpha value is -2.47. The van der Waals surface area contributed by atoms with Crippen LogP contribution in [-0.2, 0) is 11.3 Å². The molecule has 1 aromatic heterocycles. The van der Waals surface area contributed by atoms with Gasteiger partial charge >= 0.3 is 0 Å². The average Bonchev–Trinajstić information content (AvgIpc) is 2.87. The van der Waals surface area contributed by atoms with Crippen molar-refractivity contribution in [3.63, 3.8) is 0 Å². The zero-order chi connectivity index (χ0) is 15.2. The summed E-state index contributed by atoms with van der Waals surface area (Å²) in [5, 5.41) is 18.4. The van der Waals surface area contributed by atoms with Crippen molar-refractivity contribution < 1.29 is 13.6 Å². The van der Waals surface area contributed by atoms with E-state index in [1.54, 1.807) is 6.07 Å².